The van der Waals surface area contributed by atoms with Gasteiger partial charge in [0.05, 0.1) is 12.6 Å². The van der Waals surface area contributed by atoms with Crippen molar-refractivity contribution in [1.29, 1.82) is 0 Å². The summed E-state index contributed by atoms with van der Waals surface area (Å²) in [4.78, 5) is 23.2. The molecule has 1 amide bonds. The molecule has 1 heterocycles. The Morgan fingerprint density at radius 2 is 1.85 bits per heavy atom. The van der Waals surface area contributed by atoms with Crippen LogP contribution in [0.5, 0.6) is 0 Å². The van der Waals surface area contributed by atoms with Crippen LogP contribution < -0.4 is 0 Å². The molecule has 5 nitrogen and oxygen atoms in total. The molecular formula is C8H13NO4. The molecule has 3 unspecified atom stereocenters. The van der Waals surface area contributed by atoms with Gasteiger partial charge in [0.15, 0.2) is 5.78 Å². The minimum Gasteiger partial charge on any atom is -0.388 e. The first-order valence-corrected chi connectivity index (χ1v) is 4.09. The fourth-order valence-electron chi connectivity index (χ4n) is 1.60. The third-order valence-corrected chi connectivity index (χ3v) is 2.26. The molecule has 1 fully saturated rings. The lowest BCUT2D eigenvalue weighted by Crippen LogP contribution is -2.43. The van der Waals surface area contributed by atoms with Crippen LogP contribution in [0, 0.1) is 0 Å². The maximum atomic E-state index is 11.1. The minimum absolute atomic E-state index is 0.0285. The number of aliphatic hydroxyl groups excluding tert-OH is 2. The van der Waals surface area contributed by atoms with Crippen LogP contribution in [0.3, 0.4) is 0 Å². The summed E-state index contributed by atoms with van der Waals surface area (Å²) in [6.07, 6.45) is -2.17. The van der Waals surface area contributed by atoms with E-state index in [4.69, 9.17) is 0 Å². The van der Waals surface area contributed by atoms with Crippen molar-refractivity contribution in [2.75, 3.05) is 6.54 Å². The van der Waals surface area contributed by atoms with Crippen molar-refractivity contribution in [2.45, 2.75) is 32.1 Å². The molecule has 1 aliphatic heterocycles. The Balaban J connectivity index is 2.86. The quantitative estimate of drug-likeness (QED) is 0.525. The monoisotopic (exact) mass is 187 g/mol. The van der Waals surface area contributed by atoms with E-state index in [1.165, 1.54) is 18.7 Å². The molecule has 74 valence electrons. The van der Waals surface area contributed by atoms with E-state index < -0.39 is 18.2 Å². The standard InChI is InChI=1S/C8H13NO4/c1-4(10)7-8(13)6(12)3-9(7)5(2)11/h6-8,12-13H,3H2,1-2H3. The highest BCUT2D eigenvalue weighted by molar-refractivity contribution is 5.88. The first-order chi connectivity index (χ1) is 5.95. The van der Waals surface area contributed by atoms with Crippen LogP contribution >= 0.6 is 0 Å². The summed E-state index contributed by atoms with van der Waals surface area (Å²) in [5.74, 6) is -0.616. The molecule has 3 atom stereocenters. The Bertz CT molecular complexity index is 240. The van der Waals surface area contributed by atoms with Gasteiger partial charge in [-0.05, 0) is 6.92 Å². The summed E-state index contributed by atoms with van der Waals surface area (Å²) in [6.45, 7) is 2.63. The largest absolute Gasteiger partial charge is 0.388 e. The molecule has 0 aromatic heterocycles. The van der Waals surface area contributed by atoms with E-state index in [0.29, 0.717) is 0 Å². The molecule has 2 N–H and O–H groups in total. The van der Waals surface area contributed by atoms with E-state index in [0.717, 1.165) is 0 Å². The number of β-amino-alcohol motifs (C(OH)–C–C–N with tert-alkyl or cyclic N) is 1. The third kappa shape index (κ3) is 1.71. The number of carbonyl (C=O) groups excluding carboxylic acids is 2. The molecule has 1 saturated heterocycles. The van der Waals surface area contributed by atoms with Crippen molar-refractivity contribution in [3.63, 3.8) is 0 Å². The van der Waals surface area contributed by atoms with Crippen LogP contribution in [0.2, 0.25) is 0 Å². The molecule has 0 bridgehead atoms. The predicted octanol–water partition coefficient (Wildman–Crippen LogP) is -1.47. The van der Waals surface area contributed by atoms with E-state index >= 15 is 0 Å². The second-order valence-electron chi connectivity index (χ2n) is 3.28. The SMILES string of the molecule is CC(=O)C1C(O)C(O)CN1C(C)=O. The van der Waals surface area contributed by atoms with Crippen LogP contribution in [0.15, 0.2) is 0 Å². The molecule has 0 spiro atoms. The summed E-state index contributed by atoms with van der Waals surface area (Å²) in [5.41, 5.74) is 0. The topological polar surface area (TPSA) is 77.8 Å². The van der Waals surface area contributed by atoms with Gasteiger partial charge < -0.3 is 15.1 Å². The number of hydrogen-bond donors (Lipinski definition) is 2. The molecule has 0 saturated carbocycles. The molecule has 13 heavy (non-hydrogen) atoms. The van der Waals surface area contributed by atoms with Crippen molar-refractivity contribution >= 4 is 11.7 Å². The molecule has 0 aromatic carbocycles. The van der Waals surface area contributed by atoms with Gasteiger partial charge in [-0.3, -0.25) is 9.59 Å². The highest BCUT2D eigenvalue weighted by atomic mass is 16.3. The zero-order valence-corrected chi connectivity index (χ0v) is 7.60. The van der Waals surface area contributed by atoms with Gasteiger partial charge in [0.2, 0.25) is 5.91 Å². The van der Waals surface area contributed by atoms with E-state index in [9.17, 15) is 19.8 Å². The Kier molecular flexibility index (Phi) is 2.68. The normalized spacial score (nSPS) is 33.5. The first-order valence-electron chi connectivity index (χ1n) is 4.09. The fourth-order valence-corrected chi connectivity index (χ4v) is 1.60. The van der Waals surface area contributed by atoms with Gasteiger partial charge in [0.25, 0.3) is 0 Å². The molecule has 0 radical (unpaired) electrons. The van der Waals surface area contributed by atoms with Crippen molar-refractivity contribution < 1.29 is 19.8 Å². The van der Waals surface area contributed by atoms with Crippen molar-refractivity contribution in [3.8, 4) is 0 Å². The van der Waals surface area contributed by atoms with E-state index in [1.807, 2.05) is 0 Å². The summed E-state index contributed by atoms with van der Waals surface area (Å²) >= 11 is 0. The van der Waals surface area contributed by atoms with Crippen LogP contribution in [-0.2, 0) is 9.59 Å². The number of ketones is 1. The molecule has 1 aliphatic rings. The van der Waals surface area contributed by atoms with Gasteiger partial charge in [-0.25, -0.2) is 0 Å². The number of likely N-dealkylation sites (tertiary alicyclic amines) is 1. The third-order valence-electron chi connectivity index (χ3n) is 2.26. The van der Waals surface area contributed by atoms with Crippen LogP contribution in [-0.4, -0.2) is 51.6 Å². The fraction of sp³-hybridized carbons (Fsp3) is 0.750. The number of rotatable bonds is 1. The average Bonchev–Trinajstić information content (AvgIpc) is 2.28. The number of amides is 1. The van der Waals surface area contributed by atoms with E-state index in [1.54, 1.807) is 0 Å². The van der Waals surface area contributed by atoms with Gasteiger partial charge in [-0.15, -0.1) is 0 Å². The summed E-state index contributed by atoms with van der Waals surface area (Å²) < 4.78 is 0. The second-order valence-corrected chi connectivity index (χ2v) is 3.28. The van der Waals surface area contributed by atoms with Crippen molar-refractivity contribution in [3.05, 3.63) is 0 Å². The first kappa shape index (κ1) is 10.1. The van der Waals surface area contributed by atoms with Crippen molar-refractivity contribution in [2.24, 2.45) is 0 Å². The van der Waals surface area contributed by atoms with Gasteiger partial charge >= 0.3 is 0 Å². The van der Waals surface area contributed by atoms with Crippen LogP contribution in [0.1, 0.15) is 13.8 Å². The predicted molar refractivity (Wildman–Crippen MR) is 43.9 cm³/mol. The minimum atomic E-state index is -1.15. The highest BCUT2D eigenvalue weighted by Gasteiger charge is 2.43. The summed E-state index contributed by atoms with van der Waals surface area (Å²) in [7, 11) is 0. The van der Waals surface area contributed by atoms with Gasteiger partial charge in [-0.2, -0.15) is 0 Å². The van der Waals surface area contributed by atoms with Crippen LogP contribution in [0.25, 0.3) is 0 Å². The lowest BCUT2D eigenvalue weighted by molar-refractivity contribution is -0.137. The second kappa shape index (κ2) is 3.43. The van der Waals surface area contributed by atoms with Gasteiger partial charge in [0.1, 0.15) is 12.1 Å². The Hall–Kier alpha value is -0.940. The van der Waals surface area contributed by atoms with E-state index in [2.05, 4.69) is 0 Å². The molecule has 0 aromatic rings. The van der Waals surface area contributed by atoms with Crippen molar-refractivity contribution in [1.82, 2.24) is 4.90 Å². The van der Waals surface area contributed by atoms with Crippen LogP contribution in [0.4, 0.5) is 0 Å². The maximum Gasteiger partial charge on any atom is 0.220 e. The Morgan fingerprint density at radius 1 is 1.31 bits per heavy atom. The summed E-state index contributed by atoms with van der Waals surface area (Å²) in [5, 5.41) is 18.6. The zero-order valence-electron chi connectivity index (χ0n) is 7.60. The maximum absolute atomic E-state index is 11.1. The number of nitrogens with zero attached hydrogens (tertiary/aromatic N) is 1. The smallest absolute Gasteiger partial charge is 0.220 e. The number of hydrogen-bond acceptors (Lipinski definition) is 4. The Morgan fingerprint density at radius 3 is 2.15 bits per heavy atom. The molecule has 0 aliphatic carbocycles. The lowest BCUT2D eigenvalue weighted by atomic mass is 10.1. The average molecular weight is 187 g/mol. The lowest BCUT2D eigenvalue weighted by Gasteiger charge is -2.21. The highest BCUT2D eigenvalue weighted by Crippen LogP contribution is 2.19. The molecule has 5 heteroatoms. The van der Waals surface area contributed by atoms with Gasteiger partial charge in [0, 0.05) is 6.92 Å². The number of Topliss-reactive ketones (excluding diaryl/α,β-unsaturated/α-hetero) is 1. The molecular weight excluding hydrogens is 174 g/mol. The Labute approximate surface area is 76.0 Å². The number of aliphatic hydroxyl groups is 2. The van der Waals surface area contributed by atoms with E-state index in [-0.39, 0.29) is 18.2 Å². The molecule has 1 rings (SSSR count). The number of carbonyl (C=O) groups is 2. The zero-order chi connectivity index (χ0) is 10.2. The van der Waals surface area contributed by atoms with Gasteiger partial charge in [-0.1, -0.05) is 0 Å². The summed E-state index contributed by atoms with van der Waals surface area (Å²) in [6, 6.07) is -0.882.